The maximum absolute atomic E-state index is 12.9. The van der Waals surface area contributed by atoms with Gasteiger partial charge in [-0.3, -0.25) is 13.9 Å². The van der Waals surface area contributed by atoms with Crippen LogP contribution in [0.2, 0.25) is 5.02 Å². The Bertz CT molecular complexity index is 1290. The van der Waals surface area contributed by atoms with Crippen LogP contribution in [-0.4, -0.2) is 23.4 Å². The van der Waals surface area contributed by atoms with Gasteiger partial charge >= 0.3 is 0 Å². The smallest absolute Gasteiger partial charge is 0.295 e. The van der Waals surface area contributed by atoms with Gasteiger partial charge in [0.1, 0.15) is 5.58 Å². The summed E-state index contributed by atoms with van der Waals surface area (Å²) in [6.45, 7) is 0. The lowest BCUT2D eigenvalue weighted by atomic mass is 10.3. The van der Waals surface area contributed by atoms with E-state index in [9.17, 15) is 12.6 Å². The maximum Gasteiger partial charge on any atom is 0.295 e. The Labute approximate surface area is 188 Å². The van der Waals surface area contributed by atoms with E-state index in [4.69, 9.17) is 16.0 Å². The number of rotatable bonds is 7. The standard InChI is InChI=1S/C21H17ClN2O4S2.CH4/c22-16-8-9-20(29(25)12-10-17-6-3-4-11-23-17)18(14-16)24-30(26,27)21-13-15-5-1-2-7-19(15)28-21;/h1-9,11,13-14,24H,10,12H2;1H4. The minimum absolute atomic E-state index is 0. The van der Waals surface area contributed by atoms with Crippen LogP contribution in [0.1, 0.15) is 13.1 Å². The number of halogens is 1. The van der Waals surface area contributed by atoms with Crippen molar-refractivity contribution in [1.82, 2.24) is 4.98 Å². The molecule has 4 aromatic rings. The lowest BCUT2D eigenvalue weighted by Gasteiger charge is -2.12. The van der Waals surface area contributed by atoms with Crippen LogP contribution in [0.5, 0.6) is 0 Å². The number of fused-ring (bicyclic) bond motifs is 1. The van der Waals surface area contributed by atoms with Gasteiger partial charge in [-0.2, -0.15) is 8.42 Å². The van der Waals surface area contributed by atoms with Crippen molar-refractivity contribution in [2.75, 3.05) is 10.5 Å². The number of nitrogens with zero attached hydrogens (tertiary/aromatic N) is 1. The molecule has 0 bridgehead atoms. The molecule has 4 rings (SSSR count). The Kier molecular flexibility index (Phi) is 7.15. The first-order valence-electron chi connectivity index (χ1n) is 9.02. The summed E-state index contributed by atoms with van der Waals surface area (Å²) < 4.78 is 46.6. The third-order valence-electron chi connectivity index (χ3n) is 4.37. The Morgan fingerprint density at radius 2 is 1.81 bits per heavy atom. The molecule has 2 aromatic carbocycles. The summed E-state index contributed by atoms with van der Waals surface area (Å²) in [5, 5.41) is 0.764. The number of pyridine rings is 1. The predicted molar refractivity (Wildman–Crippen MR) is 124 cm³/mol. The topological polar surface area (TPSA) is 89.3 Å². The minimum Gasteiger partial charge on any atom is -0.443 e. The van der Waals surface area contributed by atoms with Crippen LogP contribution < -0.4 is 4.72 Å². The zero-order valence-corrected chi connectivity index (χ0v) is 18.0. The van der Waals surface area contributed by atoms with Crippen molar-refractivity contribution >= 4 is 49.1 Å². The van der Waals surface area contributed by atoms with E-state index >= 15 is 0 Å². The van der Waals surface area contributed by atoms with Gasteiger partial charge in [0.2, 0.25) is 5.09 Å². The van der Waals surface area contributed by atoms with Crippen molar-refractivity contribution in [2.45, 2.75) is 23.8 Å². The van der Waals surface area contributed by atoms with E-state index in [1.807, 2.05) is 18.2 Å². The molecule has 0 amide bonds. The fourth-order valence-electron chi connectivity index (χ4n) is 2.92. The molecule has 0 spiro atoms. The van der Waals surface area contributed by atoms with Crippen molar-refractivity contribution < 1.29 is 17.0 Å². The Morgan fingerprint density at radius 1 is 1.03 bits per heavy atom. The highest BCUT2D eigenvalue weighted by atomic mass is 35.5. The van der Waals surface area contributed by atoms with Gasteiger partial charge < -0.3 is 4.42 Å². The van der Waals surface area contributed by atoms with Crippen LogP contribution in [-0.2, 0) is 27.2 Å². The van der Waals surface area contributed by atoms with E-state index in [2.05, 4.69) is 9.71 Å². The van der Waals surface area contributed by atoms with Crippen molar-refractivity contribution in [1.29, 1.82) is 0 Å². The SMILES string of the molecule is C.O=S(CCc1ccccn1)c1ccc(Cl)cc1NS(=O)(=O)c1cc2ccccc2o1. The van der Waals surface area contributed by atoms with Crippen LogP contribution in [0, 0.1) is 0 Å². The van der Waals surface area contributed by atoms with Crippen LogP contribution in [0.4, 0.5) is 5.69 Å². The quantitative estimate of drug-likeness (QED) is 0.392. The van der Waals surface area contributed by atoms with Crippen molar-refractivity contribution in [3.05, 3.63) is 83.6 Å². The van der Waals surface area contributed by atoms with E-state index < -0.39 is 20.8 Å². The average molecular weight is 477 g/mol. The Balaban J connectivity index is 0.00000272. The highest BCUT2D eigenvalue weighted by Crippen LogP contribution is 2.29. The molecule has 1 unspecified atom stereocenters. The minimum atomic E-state index is -4.04. The summed E-state index contributed by atoms with van der Waals surface area (Å²) in [5.41, 5.74) is 1.43. The van der Waals surface area contributed by atoms with E-state index in [0.717, 1.165) is 5.69 Å². The molecule has 0 aliphatic heterocycles. The van der Waals surface area contributed by atoms with Gasteiger partial charge in [0.25, 0.3) is 10.0 Å². The van der Waals surface area contributed by atoms with Gasteiger partial charge in [-0.15, -0.1) is 0 Å². The molecule has 9 heteroatoms. The van der Waals surface area contributed by atoms with E-state index in [0.29, 0.717) is 27.3 Å². The molecule has 1 atom stereocenters. The molecule has 31 heavy (non-hydrogen) atoms. The molecular weight excluding hydrogens is 456 g/mol. The van der Waals surface area contributed by atoms with Crippen LogP contribution >= 0.6 is 11.6 Å². The number of hydrogen-bond acceptors (Lipinski definition) is 5. The monoisotopic (exact) mass is 476 g/mol. The van der Waals surface area contributed by atoms with Gasteiger partial charge in [-0.1, -0.05) is 43.3 Å². The lowest BCUT2D eigenvalue weighted by Crippen LogP contribution is -2.15. The van der Waals surface area contributed by atoms with Gasteiger partial charge in [0, 0.05) is 40.5 Å². The second-order valence-corrected chi connectivity index (χ2v) is 10.1. The first-order valence-corrected chi connectivity index (χ1v) is 12.2. The zero-order chi connectivity index (χ0) is 21.1. The third kappa shape index (κ3) is 5.33. The number of benzene rings is 2. The summed E-state index contributed by atoms with van der Waals surface area (Å²) in [7, 11) is -5.50. The molecule has 0 fully saturated rings. The highest BCUT2D eigenvalue weighted by Gasteiger charge is 2.22. The van der Waals surface area contributed by atoms with E-state index in [1.165, 1.54) is 12.1 Å². The Hall–Kier alpha value is -2.68. The van der Waals surface area contributed by atoms with Crippen LogP contribution in [0.15, 0.2) is 87.3 Å². The summed E-state index contributed by atoms with van der Waals surface area (Å²) in [6, 6.07) is 18.5. The summed E-state index contributed by atoms with van der Waals surface area (Å²) in [4.78, 5) is 4.56. The number of para-hydroxylation sites is 1. The zero-order valence-electron chi connectivity index (χ0n) is 15.6. The molecule has 0 saturated carbocycles. The van der Waals surface area contributed by atoms with Gasteiger partial charge in [0.15, 0.2) is 0 Å². The average Bonchev–Trinajstić information content (AvgIpc) is 3.18. The number of aryl methyl sites for hydroxylation is 1. The maximum atomic E-state index is 12.9. The fourth-order valence-corrected chi connectivity index (χ4v) is 5.39. The van der Waals surface area contributed by atoms with Crippen LogP contribution in [0.3, 0.4) is 0 Å². The fraction of sp³-hybridized carbons (Fsp3) is 0.136. The molecule has 0 aliphatic carbocycles. The molecular formula is C22H21ClN2O4S2. The molecule has 2 aromatic heterocycles. The van der Waals surface area contributed by atoms with Crippen molar-refractivity contribution in [3.63, 3.8) is 0 Å². The summed E-state index contributed by atoms with van der Waals surface area (Å²) in [5.74, 6) is 0.290. The molecule has 6 nitrogen and oxygen atoms in total. The second-order valence-electron chi connectivity index (χ2n) is 6.47. The highest BCUT2D eigenvalue weighted by molar-refractivity contribution is 7.92. The van der Waals surface area contributed by atoms with Gasteiger partial charge in [-0.25, -0.2) is 0 Å². The van der Waals surface area contributed by atoms with E-state index in [1.54, 1.807) is 42.6 Å². The normalized spacial score (nSPS) is 12.3. The first-order chi connectivity index (χ1) is 14.4. The summed E-state index contributed by atoms with van der Waals surface area (Å²) >= 11 is 6.07. The summed E-state index contributed by atoms with van der Waals surface area (Å²) in [6.07, 6.45) is 2.17. The van der Waals surface area contributed by atoms with Gasteiger partial charge in [0.05, 0.1) is 21.4 Å². The largest absolute Gasteiger partial charge is 0.443 e. The lowest BCUT2D eigenvalue weighted by molar-refractivity contribution is 0.484. The molecule has 162 valence electrons. The molecule has 1 N–H and O–H groups in total. The number of aromatic nitrogens is 1. The number of nitrogens with one attached hydrogen (secondary N) is 1. The van der Waals surface area contributed by atoms with Crippen molar-refractivity contribution in [2.24, 2.45) is 0 Å². The second kappa shape index (κ2) is 9.64. The number of anilines is 1. The first kappa shape index (κ1) is 23.0. The predicted octanol–water partition coefficient (Wildman–Crippen LogP) is 5.27. The molecule has 0 aliphatic rings. The molecule has 2 heterocycles. The van der Waals surface area contributed by atoms with Crippen LogP contribution in [0.25, 0.3) is 11.0 Å². The number of furan rings is 1. The number of sulfonamides is 1. The van der Waals surface area contributed by atoms with Crippen molar-refractivity contribution in [3.8, 4) is 0 Å². The van der Waals surface area contributed by atoms with Gasteiger partial charge in [-0.05, 0) is 36.4 Å². The Morgan fingerprint density at radius 3 is 2.55 bits per heavy atom. The number of hydrogen-bond donors (Lipinski definition) is 1. The molecule has 0 saturated heterocycles. The molecule has 0 radical (unpaired) electrons. The van der Waals surface area contributed by atoms with E-state index in [-0.39, 0.29) is 24.0 Å². The third-order valence-corrected chi connectivity index (χ3v) is 7.24.